The number of pyridine rings is 1. The minimum atomic E-state index is -4.64. The number of alkyl halides is 3. The maximum atomic E-state index is 11.9. The number of hydrogen-bond donors (Lipinski definition) is 2. The number of hydrogen-bond acceptors (Lipinski definition) is 4. The minimum Gasteiger partial charge on any atom is -0.358 e. The average molecular weight is 433 g/mol. The van der Waals surface area contributed by atoms with Gasteiger partial charge in [0.05, 0.1) is 11.3 Å². The van der Waals surface area contributed by atoms with E-state index < -0.39 is 12.5 Å². The number of aromatic nitrogens is 2. The predicted molar refractivity (Wildman–Crippen MR) is 109 cm³/mol. The number of carbonyl (C=O) groups is 2. The van der Waals surface area contributed by atoms with Crippen LogP contribution in [0.15, 0.2) is 53.6 Å². The summed E-state index contributed by atoms with van der Waals surface area (Å²) in [7, 11) is 0. The molecule has 0 spiro atoms. The molecule has 4 rings (SSSR count). The zero-order chi connectivity index (χ0) is 21.7. The third-order valence-electron chi connectivity index (χ3n) is 4.39. The van der Waals surface area contributed by atoms with Gasteiger partial charge in [0.2, 0.25) is 6.29 Å². The Morgan fingerprint density at radius 3 is 2.40 bits per heavy atom. The van der Waals surface area contributed by atoms with Gasteiger partial charge >= 0.3 is 6.18 Å². The van der Waals surface area contributed by atoms with Gasteiger partial charge in [-0.2, -0.15) is 13.2 Å². The van der Waals surface area contributed by atoms with Crippen LogP contribution in [-0.2, 0) is 11.2 Å². The van der Waals surface area contributed by atoms with Crippen molar-refractivity contribution in [2.45, 2.75) is 17.5 Å². The van der Waals surface area contributed by atoms with Crippen molar-refractivity contribution in [1.29, 1.82) is 0 Å². The normalized spacial score (nSPS) is 13.0. The number of H-pyrrole nitrogens is 1. The molecule has 2 aromatic heterocycles. The Labute approximate surface area is 175 Å². The molecule has 30 heavy (non-hydrogen) atoms. The Morgan fingerprint density at radius 1 is 1.10 bits per heavy atom. The van der Waals surface area contributed by atoms with Gasteiger partial charge in [0.1, 0.15) is 0 Å². The van der Waals surface area contributed by atoms with Crippen molar-refractivity contribution in [3.8, 4) is 22.5 Å². The van der Waals surface area contributed by atoms with Crippen molar-refractivity contribution in [3.63, 3.8) is 0 Å². The van der Waals surface area contributed by atoms with Crippen LogP contribution in [0.1, 0.15) is 16.1 Å². The lowest BCUT2D eigenvalue weighted by Gasteiger charge is -2.10. The third kappa shape index (κ3) is 5.29. The molecular weight excluding hydrogens is 415 g/mol. The molecule has 0 atom stereocenters. The molecule has 0 bridgehead atoms. The van der Waals surface area contributed by atoms with Crippen LogP contribution in [0.5, 0.6) is 0 Å². The van der Waals surface area contributed by atoms with Gasteiger partial charge < -0.3 is 10.3 Å². The summed E-state index contributed by atoms with van der Waals surface area (Å²) in [5.74, 6) is 0.000633. The second-order valence-electron chi connectivity index (χ2n) is 6.40. The summed E-state index contributed by atoms with van der Waals surface area (Å²) in [6.45, 7) is 0.690. The first kappa shape index (κ1) is 21.6. The molecule has 1 aliphatic rings. The van der Waals surface area contributed by atoms with Gasteiger partial charge in [0.15, 0.2) is 0 Å². The molecule has 0 aliphatic carbocycles. The first-order chi connectivity index (χ1) is 14.3. The zero-order valence-electron chi connectivity index (χ0n) is 15.9. The molecule has 0 unspecified atom stereocenters. The Hall–Kier alpha value is -3.07. The topological polar surface area (TPSA) is 74.8 Å². The molecule has 0 saturated carbocycles. The van der Waals surface area contributed by atoms with Crippen molar-refractivity contribution in [2.24, 2.45) is 0 Å². The highest BCUT2D eigenvalue weighted by atomic mass is 32.2. The van der Waals surface area contributed by atoms with Gasteiger partial charge in [-0.15, -0.1) is 11.8 Å². The lowest BCUT2D eigenvalue weighted by molar-refractivity contribution is -0.156. The number of fused-ring (bicyclic) bond motifs is 1. The SMILES string of the molecule is CSc1ccc(-c2cc(-c3cc4c([nH]3)CCNC4=O)ccn2)cc1.O=CC(F)(F)F. The third-order valence-corrected chi connectivity index (χ3v) is 5.14. The van der Waals surface area contributed by atoms with E-state index in [1.165, 1.54) is 4.90 Å². The summed E-state index contributed by atoms with van der Waals surface area (Å²) in [4.78, 5) is 29.7. The highest BCUT2D eigenvalue weighted by molar-refractivity contribution is 7.98. The maximum absolute atomic E-state index is 11.9. The number of aromatic amines is 1. The summed E-state index contributed by atoms with van der Waals surface area (Å²) in [6.07, 6.45) is -0.980. The number of rotatable bonds is 3. The van der Waals surface area contributed by atoms with Gasteiger partial charge in [-0.3, -0.25) is 14.6 Å². The molecule has 2 N–H and O–H groups in total. The summed E-state index contributed by atoms with van der Waals surface area (Å²) in [5.41, 5.74) is 5.77. The second kappa shape index (κ2) is 9.17. The standard InChI is InChI=1S/C19H17N3OS.C2HF3O/c1-24-14-4-2-12(3-5-14)17-10-13(6-8-20-17)18-11-15-16(22-18)7-9-21-19(15)23;3-2(4,5)1-6/h2-6,8,10-11,22H,7,9H2,1H3,(H,21,23);1H. The molecular formula is C21H18F3N3O2S. The van der Waals surface area contributed by atoms with E-state index in [9.17, 15) is 18.0 Å². The van der Waals surface area contributed by atoms with Crippen LogP contribution >= 0.6 is 11.8 Å². The fraction of sp³-hybridized carbons (Fsp3) is 0.190. The summed E-state index contributed by atoms with van der Waals surface area (Å²) >= 11 is 1.72. The first-order valence-electron chi connectivity index (χ1n) is 8.94. The monoisotopic (exact) mass is 433 g/mol. The molecule has 5 nitrogen and oxygen atoms in total. The van der Waals surface area contributed by atoms with E-state index in [-0.39, 0.29) is 5.91 Å². The highest BCUT2D eigenvalue weighted by Gasteiger charge is 2.25. The molecule has 3 heterocycles. The number of amides is 1. The van der Waals surface area contributed by atoms with Gasteiger partial charge in [0.25, 0.3) is 5.91 Å². The van der Waals surface area contributed by atoms with Crippen LogP contribution in [0.25, 0.3) is 22.5 Å². The summed E-state index contributed by atoms with van der Waals surface area (Å²) in [6, 6.07) is 14.3. The van der Waals surface area contributed by atoms with E-state index in [0.717, 1.165) is 40.2 Å². The number of thioether (sulfide) groups is 1. The van der Waals surface area contributed by atoms with E-state index in [0.29, 0.717) is 6.54 Å². The fourth-order valence-corrected chi connectivity index (χ4v) is 3.37. The van der Waals surface area contributed by atoms with Gasteiger partial charge in [-0.1, -0.05) is 12.1 Å². The Kier molecular flexibility index (Phi) is 6.61. The number of nitrogens with zero attached hydrogens (tertiary/aromatic N) is 1. The van der Waals surface area contributed by atoms with Crippen LogP contribution in [0.4, 0.5) is 13.2 Å². The predicted octanol–water partition coefficient (Wildman–Crippen LogP) is 4.50. The van der Waals surface area contributed by atoms with Crippen molar-refractivity contribution < 1.29 is 22.8 Å². The van der Waals surface area contributed by atoms with E-state index in [2.05, 4.69) is 51.9 Å². The van der Waals surface area contributed by atoms with Crippen LogP contribution < -0.4 is 5.32 Å². The lowest BCUT2D eigenvalue weighted by Crippen LogP contribution is -2.31. The second-order valence-corrected chi connectivity index (χ2v) is 7.28. The fourth-order valence-electron chi connectivity index (χ4n) is 2.97. The average Bonchev–Trinajstić information content (AvgIpc) is 3.20. The zero-order valence-corrected chi connectivity index (χ0v) is 16.7. The van der Waals surface area contributed by atoms with Crippen molar-refractivity contribution in [3.05, 3.63) is 59.9 Å². The summed E-state index contributed by atoms with van der Waals surface area (Å²) < 4.78 is 31.2. The van der Waals surface area contributed by atoms with Crippen molar-refractivity contribution in [2.75, 3.05) is 12.8 Å². The number of benzene rings is 1. The van der Waals surface area contributed by atoms with E-state index in [1.807, 2.05) is 18.3 Å². The maximum Gasteiger partial charge on any atom is 0.446 e. The minimum absolute atomic E-state index is 0.000633. The van der Waals surface area contributed by atoms with E-state index in [4.69, 9.17) is 4.79 Å². The molecule has 9 heteroatoms. The molecule has 3 aromatic rings. The molecule has 1 aromatic carbocycles. The van der Waals surface area contributed by atoms with Crippen molar-refractivity contribution in [1.82, 2.24) is 15.3 Å². The van der Waals surface area contributed by atoms with Crippen LogP contribution in [-0.4, -0.2) is 41.1 Å². The molecule has 0 saturated heterocycles. The molecule has 156 valence electrons. The van der Waals surface area contributed by atoms with Gasteiger partial charge in [0, 0.05) is 46.6 Å². The first-order valence-corrected chi connectivity index (χ1v) is 10.2. The number of carbonyl (C=O) groups excluding carboxylic acids is 2. The molecule has 0 fully saturated rings. The molecule has 1 aliphatic heterocycles. The molecule has 1 amide bonds. The lowest BCUT2D eigenvalue weighted by atomic mass is 10.1. The van der Waals surface area contributed by atoms with E-state index >= 15 is 0 Å². The smallest absolute Gasteiger partial charge is 0.358 e. The van der Waals surface area contributed by atoms with Crippen LogP contribution in [0.3, 0.4) is 0 Å². The van der Waals surface area contributed by atoms with Gasteiger partial charge in [-0.25, -0.2) is 0 Å². The number of halogens is 3. The molecule has 0 radical (unpaired) electrons. The van der Waals surface area contributed by atoms with Crippen molar-refractivity contribution >= 4 is 24.0 Å². The Balaban J connectivity index is 0.000000377. The summed E-state index contributed by atoms with van der Waals surface area (Å²) in [5, 5.41) is 2.88. The number of aldehydes is 1. The highest BCUT2D eigenvalue weighted by Crippen LogP contribution is 2.28. The van der Waals surface area contributed by atoms with E-state index in [1.54, 1.807) is 11.8 Å². The number of nitrogens with one attached hydrogen (secondary N) is 2. The largest absolute Gasteiger partial charge is 0.446 e. The van der Waals surface area contributed by atoms with Gasteiger partial charge in [-0.05, 0) is 36.6 Å². The quantitative estimate of drug-likeness (QED) is 0.471. The van der Waals surface area contributed by atoms with Crippen LogP contribution in [0.2, 0.25) is 0 Å². The Bertz CT molecular complexity index is 1050. The Morgan fingerprint density at radius 2 is 1.80 bits per heavy atom. The van der Waals surface area contributed by atoms with Crippen LogP contribution in [0, 0.1) is 0 Å².